The molecule has 2 aromatic rings. The average Bonchev–Trinajstić information content (AvgIpc) is 2.52. The summed E-state index contributed by atoms with van der Waals surface area (Å²) in [6, 6.07) is 14.1. The number of halogens is 1. The second-order valence-corrected chi connectivity index (χ2v) is 4.69. The highest BCUT2D eigenvalue weighted by atomic mass is 19.1. The molecular weight excluding hydrogens is 281 g/mol. The van der Waals surface area contributed by atoms with Crippen LogP contribution in [0.3, 0.4) is 0 Å². The van der Waals surface area contributed by atoms with E-state index in [9.17, 15) is 9.18 Å². The van der Waals surface area contributed by atoms with Crippen molar-refractivity contribution in [2.24, 2.45) is 0 Å². The highest BCUT2D eigenvalue weighted by Crippen LogP contribution is 2.13. The normalized spacial score (nSPS) is 10.6. The quantitative estimate of drug-likeness (QED) is 0.647. The van der Waals surface area contributed by atoms with Crippen LogP contribution >= 0.6 is 0 Å². The van der Waals surface area contributed by atoms with Gasteiger partial charge in [-0.3, -0.25) is 0 Å². The van der Waals surface area contributed by atoms with Crippen LogP contribution in [0.5, 0.6) is 0 Å². The molecule has 0 atom stereocenters. The minimum Gasteiger partial charge on any atom is -0.463 e. The van der Waals surface area contributed by atoms with Crippen molar-refractivity contribution in [3.8, 4) is 0 Å². The Hall–Kier alpha value is -2.62. The molecule has 0 saturated heterocycles. The predicted octanol–water partition coefficient (Wildman–Crippen LogP) is 4.01. The van der Waals surface area contributed by atoms with E-state index in [-0.39, 0.29) is 11.8 Å². The van der Waals surface area contributed by atoms with Gasteiger partial charge in [-0.25, -0.2) is 9.18 Å². The molecule has 0 amide bonds. The van der Waals surface area contributed by atoms with Gasteiger partial charge in [0.05, 0.1) is 6.61 Å². The van der Waals surface area contributed by atoms with Crippen molar-refractivity contribution in [1.82, 2.24) is 0 Å². The molecule has 0 fully saturated rings. The summed E-state index contributed by atoms with van der Waals surface area (Å²) in [6.07, 6.45) is 3.10. The largest absolute Gasteiger partial charge is 0.463 e. The lowest BCUT2D eigenvalue weighted by Gasteiger charge is -2.07. The van der Waals surface area contributed by atoms with Gasteiger partial charge in [0.2, 0.25) is 0 Å². The Morgan fingerprint density at radius 3 is 2.68 bits per heavy atom. The number of hydrogen-bond acceptors (Lipinski definition) is 3. The van der Waals surface area contributed by atoms with E-state index in [0.717, 1.165) is 16.8 Å². The first-order valence-electron chi connectivity index (χ1n) is 7.10. The van der Waals surface area contributed by atoms with E-state index in [2.05, 4.69) is 5.32 Å². The van der Waals surface area contributed by atoms with Crippen LogP contribution in [-0.4, -0.2) is 12.6 Å². The Morgan fingerprint density at radius 1 is 1.23 bits per heavy atom. The van der Waals surface area contributed by atoms with E-state index < -0.39 is 0 Å². The third kappa shape index (κ3) is 5.05. The molecular formula is C18H18FNO2. The Balaban J connectivity index is 1.90. The lowest BCUT2D eigenvalue weighted by Crippen LogP contribution is -1.99. The first-order chi connectivity index (χ1) is 10.7. The van der Waals surface area contributed by atoms with Crippen LogP contribution in [0.25, 0.3) is 6.08 Å². The summed E-state index contributed by atoms with van der Waals surface area (Å²) in [5, 5.41) is 3.22. The number of nitrogens with one attached hydrogen (secondary N) is 1. The molecule has 22 heavy (non-hydrogen) atoms. The monoisotopic (exact) mass is 299 g/mol. The maximum atomic E-state index is 13.1. The third-order valence-electron chi connectivity index (χ3n) is 2.99. The number of hydrogen-bond donors (Lipinski definition) is 1. The van der Waals surface area contributed by atoms with Crippen molar-refractivity contribution in [1.29, 1.82) is 0 Å². The van der Waals surface area contributed by atoms with E-state index in [1.807, 2.05) is 30.3 Å². The number of ether oxygens (including phenoxy) is 1. The van der Waals surface area contributed by atoms with Gasteiger partial charge in [-0.2, -0.15) is 0 Å². The first-order valence-corrected chi connectivity index (χ1v) is 7.10. The fraction of sp³-hybridized carbons (Fsp3) is 0.167. The molecule has 1 N–H and O–H groups in total. The van der Waals surface area contributed by atoms with Crippen LogP contribution in [0.4, 0.5) is 10.1 Å². The van der Waals surface area contributed by atoms with Gasteiger partial charge in [0, 0.05) is 18.3 Å². The van der Waals surface area contributed by atoms with Gasteiger partial charge < -0.3 is 10.1 Å². The summed E-state index contributed by atoms with van der Waals surface area (Å²) >= 11 is 0. The van der Waals surface area contributed by atoms with Crippen LogP contribution in [0.2, 0.25) is 0 Å². The number of carbonyl (C=O) groups is 1. The van der Waals surface area contributed by atoms with Gasteiger partial charge in [0.1, 0.15) is 5.82 Å². The minimum absolute atomic E-state index is 0.237. The second kappa shape index (κ2) is 7.98. The average molecular weight is 299 g/mol. The van der Waals surface area contributed by atoms with Crippen molar-refractivity contribution in [2.75, 3.05) is 11.9 Å². The third-order valence-corrected chi connectivity index (χ3v) is 2.99. The smallest absolute Gasteiger partial charge is 0.330 e. The van der Waals surface area contributed by atoms with E-state index in [1.54, 1.807) is 19.1 Å². The van der Waals surface area contributed by atoms with E-state index in [4.69, 9.17) is 4.74 Å². The lowest BCUT2D eigenvalue weighted by atomic mass is 10.1. The van der Waals surface area contributed by atoms with Crippen LogP contribution in [0, 0.1) is 5.82 Å². The molecule has 0 spiro atoms. The zero-order chi connectivity index (χ0) is 15.8. The van der Waals surface area contributed by atoms with Gasteiger partial charge >= 0.3 is 5.97 Å². The second-order valence-electron chi connectivity index (χ2n) is 4.69. The zero-order valence-electron chi connectivity index (χ0n) is 12.4. The Labute approximate surface area is 129 Å². The Bertz CT molecular complexity index is 650. The number of anilines is 1. The summed E-state index contributed by atoms with van der Waals surface area (Å²) in [7, 11) is 0. The number of rotatable bonds is 6. The molecule has 0 aliphatic rings. The standard InChI is InChI=1S/C18H18FNO2/c1-2-22-18(21)11-8-14-6-9-17(10-7-14)20-13-15-4-3-5-16(19)12-15/h3-12,20H,2,13H2,1H3. The van der Waals surface area contributed by atoms with Crippen LogP contribution < -0.4 is 5.32 Å². The summed E-state index contributed by atoms with van der Waals surface area (Å²) < 4.78 is 17.9. The number of esters is 1. The van der Waals surface area contributed by atoms with Crippen molar-refractivity contribution >= 4 is 17.7 Å². The molecule has 114 valence electrons. The van der Waals surface area contributed by atoms with Gasteiger partial charge in [-0.1, -0.05) is 24.3 Å². The zero-order valence-corrected chi connectivity index (χ0v) is 12.4. The van der Waals surface area contributed by atoms with Gasteiger partial charge in [0.15, 0.2) is 0 Å². The number of carbonyl (C=O) groups excluding carboxylic acids is 1. The molecule has 4 heteroatoms. The van der Waals surface area contributed by atoms with Crippen molar-refractivity contribution in [3.63, 3.8) is 0 Å². The molecule has 2 aromatic carbocycles. The molecule has 0 saturated carbocycles. The molecule has 0 aliphatic heterocycles. The first kappa shape index (κ1) is 15.8. The molecule has 2 rings (SSSR count). The summed E-state index contributed by atoms with van der Waals surface area (Å²) in [6.45, 7) is 2.69. The molecule has 0 aromatic heterocycles. The predicted molar refractivity (Wildman–Crippen MR) is 85.8 cm³/mol. The van der Waals surface area contributed by atoms with E-state index in [0.29, 0.717) is 13.2 Å². The number of benzene rings is 2. The van der Waals surface area contributed by atoms with Gasteiger partial charge in [0.25, 0.3) is 0 Å². The van der Waals surface area contributed by atoms with Gasteiger partial charge in [-0.15, -0.1) is 0 Å². The maximum absolute atomic E-state index is 13.1. The van der Waals surface area contributed by atoms with Crippen molar-refractivity contribution < 1.29 is 13.9 Å². The Kier molecular flexibility index (Phi) is 5.72. The molecule has 0 radical (unpaired) electrons. The highest BCUT2D eigenvalue weighted by Gasteiger charge is 1.97. The van der Waals surface area contributed by atoms with Crippen LogP contribution in [0.1, 0.15) is 18.1 Å². The lowest BCUT2D eigenvalue weighted by molar-refractivity contribution is -0.137. The molecule has 0 heterocycles. The maximum Gasteiger partial charge on any atom is 0.330 e. The highest BCUT2D eigenvalue weighted by molar-refractivity contribution is 5.87. The van der Waals surface area contributed by atoms with E-state index in [1.165, 1.54) is 18.2 Å². The fourth-order valence-corrected chi connectivity index (χ4v) is 1.92. The summed E-state index contributed by atoms with van der Waals surface area (Å²) in [4.78, 5) is 11.2. The SMILES string of the molecule is CCOC(=O)C=Cc1ccc(NCc2cccc(F)c2)cc1. The van der Waals surface area contributed by atoms with Crippen molar-refractivity contribution in [3.05, 3.63) is 71.6 Å². The molecule has 0 aliphatic carbocycles. The topological polar surface area (TPSA) is 38.3 Å². The Morgan fingerprint density at radius 2 is 2.00 bits per heavy atom. The summed E-state index contributed by atoms with van der Waals surface area (Å²) in [5.41, 5.74) is 2.72. The van der Waals surface area contributed by atoms with Gasteiger partial charge in [-0.05, 0) is 48.4 Å². The van der Waals surface area contributed by atoms with E-state index >= 15 is 0 Å². The fourth-order valence-electron chi connectivity index (χ4n) is 1.92. The molecule has 0 unspecified atom stereocenters. The van der Waals surface area contributed by atoms with Crippen LogP contribution in [-0.2, 0) is 16.1 Å². The minimum atomic E-state index is -0.351. The molecule has 0 bridgehead atoms. The summed E-state index contributed by atoms with van der Waals surface area (Å²) in [5.74, 6) is -0.588. The van der Waals surface area contributed by atoms with Crippen molar-refractivity contribution in [2.45, 2.75) is 13.5 Å². The molecule has 3 nitrogen and oxygen atoms in total. The van der Waals surface area contributed by atoms with Crippen LogP contribution in [0.15, 0.2) is 54.6 Å².